The molecule has 2 atom stereocenters. The van der Waals surface area contributed by atoms with Gasteiger partial charge in [-0.25, -0.2) is 8.42 Å². The van der Waals surface area contributed by atoms with Crippen LogP contribution in [-0.4, -0.2) is 37.1 Å². The third-order valence-electron chi connectivity index (χ3n) is 6.03. The molecule has 0 unspecified atom stereocenters. The Morgan fingerprint density at radius 1 is 1.03 bits per heavy atom. The first-order chi connectivity index (χ1) is 15.7. The number of carbonyl (C=O) groups excluding carboxylic acids is 2. The summed E-state index contributed by atoms with van der Waals surface area (Å²) in [5, 5.41) is 3.18. The first-order valence-corrected chi connectivity index (χ1v) is 13.0. The van der Waals surface area contributed by atoms with E-state index in [1.807, 2.05) is 6.92 Å². The summed E-state index contributed by atoms with van der Waals surface area (Å²) < 4.78 is 28.9. The normalized spacial score (nSPS) is 19.1. The summed E-state index contributed by atoms with van der Waals surface area (Å²) in [6.45, 7) is 2.42. The number of halogens is 1. The zero-order valence-corrected chi connectivity index (χ0v) is 20.2. The van der Waals surface area contributed by atoms with Crippen LogP contribution in [0.2, 0.25) is 5.02 Å². The average Bonchev–Trinajstić information content (AvgIpc) is 3.04. The number of hydrogen-bond donors (Lipinski definition) is 2. The highest BCUT2D eigenvalue weighted by Gasteiger charge is 2.39. The number of nitrogens with one attached hydrogen (secondary N) is 1. The molecule has 2 aromatic carbocycles. The quantitative estimate of drug-likeness (QED) is 0.548. The molecule has 0 radical (unpaired) electrons. The van der Waals surface area contributed by atoms with Crippen LogP contribution in [0, 0.1) is 5.92 Å². The summed E-state index contributed by atoms with van der Waals surface area (Å²) >= 11 is 5.97. The van der Waals surface area contributed by atoms with Crippen molar-refractivity contribution in [1.29, 1.82) is 0 Å². The maximum absolute atomic E-state index is 13.8. The molecular formula is C24H30ClN3O4S. The monoisotopic (exact) mass is 491 g/mol. The molecule has 0 aliphatic heterocycles. The second kappa shape index (κ2) is 11.1. The van der Waals surface area contributed by atoms with Crippen molar-refractivity contribution in [1.82, 2.24) is 9.62 Å². The van der Waals surface area contributed by atoms with Gasteiger partial charge in [0.25, 0.3) is 5.91 Å². The molecule has 0 spiro atoms. The third kappa shape index (κ3) is 6.13. The number of rotatable bonds is 8. The van der Waals surface area contributed by atoms with E-state index in [1.54, 1.807) is 24.3 Å². The second-order valence-corrected chi connectivity index (χ2v) is 10.6. The van der Waals surface area contributed by atoms with Gasteiger partial charge in [-0.05, 0) is 61.7 Å². The van der Waals surface area contributed by atoms with E-state index in [4.69, 9.17) is 17.3 Å². The third-order valence-corrected chi connectivity index (χ3v) is 8.16. The van der Waals surface area contributed by atoms with Crippen molar-refractivity contribution in [3.05, 3.63) is 64.7 Å². The van der Waals surface area contributed by atoms with Crippen LogP contribution in [0.4, 0.5) is 0 Å². The fourth-order valence-corrected chi connectivity index (χ4v) is 6.10. The van der Waals surface area contributed by atoms with E-state index >= 15 is 0 Å². The topological polar surface area (TPSA) is 110 Å². The van der Waals surface area contributed by atoms with Gasteiger partial charge >= 0.3 is 0 Å². The van der Waals surface area contributed by atoms with Crippen LogP contribution in [0.1, 0.15) is 54.9 Å². The van der Waals surface area contributed by atoms with Crippen molar-refractivity contribution in [2.45, 2.75) is 56.5 Å². The highest BCUT2D eigenvalue weighted by molar-refractivity contribution is 7.89. The van der Waals surface area contributed by atoms with Gasteiger partial charge in [-0.1, -0.05) is 43.0 Å². The Morgan fingerprint density at radius 2 is 1.67 bits per heavy atom. The lowest BCUT2D eigenvalue weighted by Crippen LogP contribution is -2.47. The highest BCUT2D eigenvalue weighted by Crippen LogP contribution is 2.33. The zero-order valence-electron chi connectivity index (χ0n) is 18.7. The van der Waals surface area contributed by atoms with Crippen molar-refractivity contribution in [2.24, 2.45) is 11.7 Å². The summed E-state index contributed by atoms with van der Waals surface area (Å²) in [4.78, 5) is 24.5. The van der Waals surface area contributed by atoms with E-state index in [9.17, 15) is 18.0 Å². The van der Waals surface area contributed by atoms with Gasteiger partial charge in [0.15, 0.2) is 0 Å². The fourth-order valence-electron chi connectivity index (χ4n) is 4.29. The molecule has 2 amide bonds. The van der Waals surface area contributed by atoms with Crippen molar-refractivity contribution in [3.8, 4) is 0 Å². The number of primary amides is 1. The van der Waals surface area contributed by atoms with E-state index in [1.165, 1.54) is 28.6 Å². The number of benzene rings is 2. The van der Waals surface area contributed by atoms with Crippen LogP contribution in [0.25, 0.3) is 0 Å². The van der Waals surface area contributed by atoms with E-state index in [0.717, 1.165) is 19.3 Å². The van der Waals surface area contributed by atoms with Crippen molar-refractivity contribution >= 4 is 33.4 Å². The summed E-state index contributed by atoms with van der Waals surface area (Å²) in [7, 11) is -3.95. The van der Waals surface area contributed by atoms with Gasteiger partial charge in [-0.3, -0.25) is 9.59 Å². The molecule has 0 heterocycles. The van der Waals surface area contributed by atoms with Crippen LogP contribution in [0.5, 0.6) is 0 Å². The van der Waals surface area contributed by atoms with Crippen LogP contribution >= 0.6 is 11.6 Å². The summed E-state index contributed by atoms with van der Waals surface area (Å²) in [5.41, 5.74) is 6.93. The minimum Gasteiger partial charge on any atom is -0.369 e. The molecule has 33 heavy (non-hydrogen) atoms. The maximum Gasteiger partial charge on any atom is 0.251 e. The van der Waals surface area contributed by atoms with Gasteiger partial charge in [0.1, 0.15) is 0 Å². The van der Waals surface area contributed by atoms with E-state index in [-0.39, 0.29) is 17.3 Å². The molecule has 1 fully saturated rings. The van der Waals surface area contributed by atoms with Crippen molar-refractivity contribution in [2.75, 3.05) is 6.54 Å². The first-order valence-electron chi connectivity index (χ1n) is 11.2. The lowest BCUT2D eigenvalue weighted by atomic mass is 9.93. The summed E-state index contributed by atoms with van der Waals surface area (Å²) in [6, 6.07) is 12.3. The fraction of sp³-hybridized carbons (Fsp3) is 0.417. The van der Waals surface area contributed by atoms with E-state index in [0.29, 0.717) is 35.5 Å². The average molecular weight is 492 g/mol. The number of hydrogen-bond acceptors (Lipinski definition) is 4. The first kappa shape index (κ1) is 25.2. The van der Waals surface area contributed by atoms with Gasteiger partial charge in [0.05, 0.1) is 10.8 Å². The molecule has 0 bridgehead atoms. The molecule has 3 rings (SSSR count). The standard InChI is InChI=1S/C24H30ClN3O4S/c1-2-27-24(30)18-10-8-17(9-11-18)16-28(22-7-5-3-4-6-21(22)23(26)29)33(31,32)20-14-12-19(25)13-15-20/h8-15,21-22H,2-7,16H2,1H3,(H2,26,29)(H,27,30)/t21-,22+/m0/s1. The predicted molar refractivity (Wildman–Crippen MR) is 128 cm³/mol. The summed E-state index contributed by atoms with van der Waals surface area (Å²) in [6.07, 6.45) is 3.69. The second-order valence-electron chi connectivity index (χ2n) is 8.27. The molecular weight excluding hydrogens is 462 g/mol. The van der Waals surface area contributed by atoms with E-state index < -0.39 is 27.9 Å². The Morgan fingerprint density at radius 3 is 2.27 bits per heavy atom. The smallest absolute Gasteiger partial charge is 0.251 e. The van der Waals surface area contributed by atoms with Gasteiger partial charge in [-0.2, -0.15) is 4.31 Å². The molecule has 1 saturated carbocycles. The largest absolute Gasteiger partial charge is 0.369 e. The van der Waals surface area contributed by atoms with Crippen molar-refractivity contribution in [3.63, 3.8) is 0 Å². The molecule has 7 nitrogen and oxygen atoms in total. The highest BCUT2D eigenvalue weighted by atomic mass is 35.5. The lowest BCUT2D eigenvalue weighted by molar-refractivity contribution is -0.123. The molecule has 178 valence electrons. The molecule has 9 heteroatoms. The lowest BCUT2D eigenvalue weighted by Gasteiger charge is -2.34. The minimum absolute atomic E-state index is 0.0646. The van der Waals surface area contributed by atoms with E-state index in [2.05, 4.69) is 5.32 Å². The SMILES string of the molecule is CCNC(=O)c1ccc(CN([C@@H]2CCCCC[C@@H]2C(N)=O)S(=O)(=O)c2ccc(Cl)cc2)cc1. The van der Waals surface area contributed by atoms with Gasteiger partial charge < -0.3 is 11.1 Å². The molecule has 1 aliphatic rings. The van der Waals surface area contributed by atoms with Crippen LogP contribution in [0.15, 0.2) is 53.4 Å². The predicted octanol–water partition coefficient (Wildman–Crippen LogP) is 3.71. The maximum atomic E-state index is 13.8. The Hall–Kier alpha value is -2.42. The van der Waals surface area contributed by atoms with Crippen molar-refractivity contribution < 1.29 is 18.0 Å². The van der Waals surface area contributed by atoms with Crippen LogP contribution in [-0.2, 0) is 21.4 Å². The Bertz CT molecular complexity index is 1070. The number of sulfonamides is 1. The Kier molecular flexibility index (Phi) is 8.51. The molecule has 1 aliphatic carbocycles. The molecule has 0 saturated heterocycles. The van der Waals surface area contributed by atoms with Gasteiger partial charge in [0, 0.05) is 29.7 Å². The van der Waals surface area contributed by atoms with Crippen LogP contribution in [0.3, 0.4) is 0 Å². The van der Waals surface area contributed by atoms with Crippen LogP contribution < -0.4 is 11.1 Å². The minimum atomic E-state index is -3.95. The van der Waals surface area contributed by atoms with Gasteiger partial charge in [0.2, 0.25) is 15.9 Å². The Labute approximate surface area is 200 Å². The number of amides is 2. The molecule has 2 aromatic rings. The molecule has 3 N–H and O–H groups in total. The number of nitrogens with two attached hydrogens (primary N) is 1. The molecule has 0 aromatic heterocycles. The van der Waals surface area contributed by atoms with Gasteiger partial charge in [-0.15, -0.1) is 0 Å². The number of carbonyl (C=O) groups is 2. The summed E-state index contributed by atoms with van der Waals surface area (Å²) in [5.74, 6) is -1.23. The zero-order chi connectivity index (χ0) is 24.0. The Balaban J connectivity index is 2.00. The number of nitrogens with zero attached hydrogens (tertiary/aromatic N) is 1.